The Morgan fingerprint density at radius 2 is 1.42 bits per heavy atom. The van der Waals surface area contributed by atoms with Crippen LogP contribution < -0.4 is 0 Å². The Balaban J connectivity index is 1.43. The van der Waals surface area contributed by atoms with Gasteiger partial charge in [0.15, 0.2) is 0 Å². The van der Waals surface area contributed by atoms with Crippen LogP contribution in [0.4, 0.5) is 5.69 Å². The van der Waals surface area contributed by atoms with E-state index in [1.807, 2.05) is 24.3 Å². The third-order valence-corrected chi connectivity index (χ3v) is 8.42. The van der Waals surface area contributed by atoms with E-state index in [2.05, 4.69) is 0 Å². The van der Waals surface area contributed by atoms with Crippen molar-refractivity contribution in [2.24, 2.45) is 0 Å². The van der Waals surface area contributed by atoms with E-state index < -0.39 is 0 Å². The van der Waals surface area contributed by atoms with Crippen molar-refractivity contribution in [3.63, 3.8) is 0 Å². The molecule has 2 aliphatic rings. The molecule has 8 heteroatoms. The lowest BCUT2D eigenvalue weighted by molar-refractivity contribution is -0.387. The lowest BCUT2D eigenvalue weighted by Gasteiger charge is -2.23. The smallest absolute Gasteiger partial charge is 0.269 e. The summed E-state index contributed by atoms with van der Waals surface area (Å²) < 4.78 is 0. The molecule has 0 N–H and O–H groups in total. The Labute approximate surface area is 186 Å². The third kappa shape index (κ3) is 3.32. The molecule has 0 fully saturated rings. The Bertz CT molecular complexity index is 1190. The van der Waals surface area contributed by atoms with Gasteiger partial charge in [0, 0.05) is 11.3 Å². The molecule has 0 aromatic heterocycles. The molecular weight excluding hydrogens is 432 g/mol. The quantitative estimate of drug-likeness (QED) is 0.212. The maximum Gasteiger partial charge on any atom is 0.283 e. The predicted molar refractivity (Wildman–Crippen MR) is 120 cm³/mol. The van der Waals surface area contributed by atoms with E-state index in [0.29, 0.717) is 22.4 Å². The van der Waals surface area contributed by atoms with E-state index in [9.17, 15) is 19.7 Å². The number of nitrogens with zero attached hydrogens (tertiary/aromatic N) is 2. The first-order valence-electron chi connectivity index (χ1n) is 9.68. The zero-order valence-corrected chi connectivity index (χ0v) is 17.8. The van der Waals surface area contributed by atoms with Gasteiger partial charge < -0.3 is 0 Å². The molecule has 0 bridgehead atoms. The second-order valence-corrected chi connectivity index (χ2v) is 9.74. The van der Waals surface area contributed by atoms with Crippen LogP contribution in [0.25, 0.3) is 0 Å². The zero-order chi connectivity index (χ0) is 21.5. The highest BCUT2D eigenvalue weighted by molar-refractivity contribution is 8.76. The van der Waals surface area contributed by atoms with Crippen molar-refractivity contribution in [2.75, 3.05) is 0 Å². The van der Waals surface area contributed by atoms with E-state index in [-0.39, 0.29) is 33.7 Å². The van der Waals surface area contributed by atoms with Crippen molar-refractivity contribution in [3.8, 4) is 0 Å². The van der Waals surface area contributed by atoms with Crippen LogP contribution in [-0.2, 0) is 0 Å². The van der Waals surface area contributed by atoms with Crippen LogP contribution in [0.2, 0.25) is 0 Å². The van der Waals surface area contributed by atoms with Gasteiger partial charge in [-0.25, -0.2) is 0 Å². The molecule has 1 aliphatic carbocycles. The lowest BCUT2D eigenvalue weighted by Crippen LogP contribution is -2.33. The fourth-order valence-corrected chi connectivity index (χ4v) is 6.97. The van der Waals surface area contributed by atoms with Gasteiger partial charge in [-0.2, -0.15) is 0 Å². The predicted octanol–water partition coefficient (Wildman–Crippen LogP) is 5.82. The van der Waals surface area contributed by atoms with Gasteiger partial charge in [0.1, 0.15) is 0 Å². The van der Waals surface area contributed by atoms with E-state index in [1.54, 1.807) is 42.5 Å². The van der Waals surface area contributed by atoms with Gasteiger partial charge in [-0.1, -0.05) is 59.3 Å². The van der Waals surface area contributed by atoms with Crippen LogP contribution in [0.15, 0.2) is 77.7 Å². The van der Waals surface area contributed by atoms with Gasteiger partial charge in [0.05, 0.1) is 27.0 Å². The number of carbonyl (C=O) groups excluding carboxylic acids is 2. The van der Waals surface area contributed by atoms with Crippen LogP contribution in [0.3, 0.4) is 0 Å². The molecule has 154 valence electrons. The Hall–Kier alpha value is -3.10. The molecule has 3 aromatic carbocycles. The number of amides is 2. The van der Waals surface area contributed by atoms with Gasteiger partial charge in [0.25, 0.3) is 17.5 Å². The molecule has 0 spiro atoms. The molecule has 2 atom stereocenters. The zero-order valence-electron chi connectivity index (χ0n) is 16.1. The van der Waals surface area contributed by atoms with Crippen molar-refractivity contribution in [3.05, 3.63) is 105 Å². The first-order valence-corrected chi connectivity index (χ1v) is 11.9. The summed E-state index contributed by atoms with van der Waals surface area (Å²) in [6, 6.07) is 21.0. The third-order valence-electron chi connectivity index (χ3n) is 5.59. The number of benzene rings is 3. The van der Waals surface area contributed by atoms with Gasteiger partial charge in [-0.05, 0) is 46.5 Å². The molecule has 31 heavy (non-hydrogen) atoms. The normalized spacial score (nSPS) is 19.4. The number of rotatable bonds is 5. The highest BCUT2D eigenvalue weighted by Gasteiger charge is 2.45. The minimum Gasteiger partial charge on any atom is -0.269 e. The Kier molecular flexibility index (Phi) is 5.03. The molecule has 0 radical (unpaired) electrons. The molecule has 1 aliphatic heterocycles. The van der Waals surface area contributed by atoms with Crippen LogP contribution >= 0.6 is 21.6 Å². The molecular formula is C23H16N2O4S2. The fraction of sp³-hybridized carbons (Fsp3) is 0.130. The highest BCUT2D eigenvalue weighted by Crippen LogP contribution is 2.55. The maximum absolute atomic E-state index is 13.0. The van der Waals surface area contributed by atoms with Crippen LogP contribution in [0, 0.1) is 10.1 Å². The van der Waals surface area contributed by atoms with Gasteiger partial charge >= 0.3 is 0 Å². The number of fused-ring (bicyclic) bond motifs is 2. The van der Waals surface area contributed by atoms with E-state index in [4.69, 9.17) is 0 Å². The van der Waals surface area contributed by atoms with Crippen molar-refractivity contribution in [1.29, 1.82) is 0 Å². The molecule has 6 nitrogen and oxygen atoms in total. The van der Waals surface area contributed by atoms with Crippen molar-refractivity contribution in [2.45, 2.75) is 22.6 Å². The summed E-state index contributed by atoms with van der Waals surface area (Å²) in [5, 5.41) is 11.3. The van der Waals surface area contributed by atoms with Gasteiger partial charge in [-0.15, -0.1) is 0 Å². The first kappa shape index (κ1) is 19.8. The average molecular weight is 449 g/mol. The van der Waals surface area contributed by atoms with Gasteiger partial charge in [-0.3, -0.25) is 24.6 Å². The number of hydrogen-bond donors (Lipinski definition) is 0. The van der Waals surface area contributed by atoms with Crippen LogP contribution in [0.5, 0.6) is 0 Å². The largest absolute Gasteiger partial charge is 0.283 e. The van der Waals surface area contributed by atoms with Crippen molar-refractivity contribution in [1.82, 2.24) is 4.90 Å². The molecule has 2 amide bonds. The number of imide groups is 1. The maximum atomic E-state index is 13.0. The molecule has 1 heterocycles. The number of hydrogen-bond acceptors (Lipinski definition) is 6. The number of nitro benzene ring substituents is 1. The lowest BCUT2D eigenvalue weighted by atomic mass is 10.1. The molecule has 0 saturated heterocycles. The van der Waals surface area contributed by atoms with Gasteiger partial charge in [0.2, 0.25) is 0 Å². The number of para-hydroxylation sites is 1. The summed E-state index contributed by atoms with van der Waals surface area (Å²) in [6.45, 7) is 0. The summed E-state index contributed by atoms with van der Waals surface area (Å²) in [7, 11) is 2.88. The standard InChI is InChI=1S/C23H16N2O4S2/c26-22-16-9-3-4-10-17(16)23(27)24(22)19-13-21(15-8-2-1-7-14(15)19)31-30-20-12-6-5-11-18(20)25(28)29/h1-12,19,21H,13H2/t19?,21-/m0/s1. The number of carbonyl (C=O) groups is 2. The van der Waals surface area contributed by atoms with Crippen LogP contribution in [0.1, 0.15) is 49.6 Å². The minimum atomic E-state index is -0.382. The van der Waals surface area contributed by atoms with E-state index >= 15 is 0 Å². The van der Waals surface area contributed by atoms with Crippen molar-refractivity contribution >= 4 is 39.1 Å². The topological polar surface area (TPSA) is 80.5 Å². The first-order chi connectivity index (χ1) is 15.1. The monoisotopic (exact) mass is 448 g/mol. The average Bonchev–Trinajstić information content (AvgIpc) is 3.27. The summed E-state index contributed by atoms with van der Waals surface area (Å²) in [6.07, 6.45) is 0.573. The Morgan fingerprint density at radius 1 is 0.839 bits per heavy atom. The molecule has 3 aromatic rings. The summed E-state index contributed by atoms with van der Waals surface area (Å²) in [5.74, 6) is -0.533. The molecule has 1 unspecified atom stereocenters. The van der Waals surface area contributed by atoms with Crippen molar-refractivity contribution < 1.29 is 14.5 Å². The fourth-order valence-electron chi connectivity index (χ4n) is 4.18. The SMILES string of the molecule is O=C1c2ccccc2C(=O)N1C1C[C@H](SSc2ccccc2[N+](=O)[O-])c2ccccc21. The van der Waals surface area contributed by atoms with E-state index in [1.165, 1.54) is 32.6 Å². The minimum absolute atomic E-state index is 0.00433. The second-order valence-electron chi connectivity index (χ2n) is 7.30. The van der Waals surface area contributed by atoms with Crippen LogP contribution in [-0.4, -0.2) is 21.6 Å². The van der Waals surface area contributed by atoms with E-state index in [0.717, 1.165) is 11.1 Å². The number of nitro groups is 1. The molecule has 5 rings (SSSR count). The Morgan fingerprint density at radius 3 is 2.10 bits per heavy atom. The summed E-state index contributed by atoms with van der Waals surface area (Å²) in [5.41, 5.74) is 2.96. The highest BCUT2D eigenvalue weighted by atomic mass is 33.1. The second kappa shape index (κ2) is 7.86. The summed E-state index contributed by atoms with van der Waals surface area (Å²) in [4.78, 5) is 39.0. The molecule has 0 saturated carbocycles. The summed E-state index contributed by atoms with van der Waals surface area (Å²) >= 11 is 0.